The lowest BCUT2D eigenvalue weighted by Gasteiger charge is -2.30. The van der Waals surface area contributed by atoms with Crippen LogP contribution in [-0.2, 0) is 4.74 Å². The Bertz CT molecular complexity index is 634. The topological polar surface area (TPSA) is 90.7 Å². The molecule has 0 unspecified atom stereocenters. The fourth-order valence-corrected chi connectivity index (χ4v) is 2.76. The van der Waals surface area contributed by atoms with Crippen LogP contribution in [0.3, 0.4) is 0 Å². The lowest BCUT2D eigenvalue weighted by molar-refractivity contribution is 0.0470. The van der Waals surface area contributed by atoms with Crippen LogP contribution in [0, 0.1) is 5.82 Å². The van der Waals surface area contributed by atoms with E-state index in [2.05, 4.69) is 5.32 Å². The van der Waals surface area contributed by atoms with E-state index in [9.17, 15) is 14.0 Å². The van der Waals surface area contributed by atoms with Crippen molar-refractivity contribution in [2.24, 2.45) is 5.73 Å². The minimum atomic E-state index is -0.808. The molecule has 1 saturated carbocycles. The first kappa shape index (κ1) is 19.0. The van der Waals surface area contributed by atoms with E-state index in [1.54, 1.807) is 0 Å². The highest BCUT2D eigenvalue weighted by Crippen LogP contribution is 2.25. The van der Waals surface area contributed by atoms with Crippen LogP contribution < -0.4 is 15.8 Å². The van der Waals surface area contributed by atoms with Gasteiger partial charge in [-0.05, 0) is 58.6 Å². The Morgan fingerprint density at radius 2 is 1.84 bits per heavy atom. The van der Waals surface area contributed by atoms with Crippen molar-refractivity contribution in [2.45, 2.75) is 64.2 Å². The Labute approximate surface area is 146 Å². The molecule has 0 bridgehead atoms. The van der Waals surface area contributed by atoms with Crippen LogP contribution in [0.4, 0.5) is 9.18 Å². The van der Waals surface area contributed by atoms with E-state index in [1.165, 1.54) is 18.2 Å². The summed E-state index contributed by atoms with van der Waals surface area (Å²) in [5.74, 6) is -1.13. The third-order valence-corrected chi connectivity index (χ3v) is 3.90. The van der Waals surface area contributed by atoms with Crippen molar-refractivity contribution in [3.05, 3.63) is 29.6 Å². The fraction of sp³-hybridized carbons (Fsp3) is 0.556. The summed E-state index contributed by atoms with van der Waals surface area (Å²) in [4.78, 5) is 22.8. The molecule has 1 aliphatic rings. The molecule has 25 heavy (non-hydrogen) atoms. The van der Waals surface area contributed by atoms with Gasteiger partial charge >= 0.3 is 6.09 Å². The van der Waals surface area contributed by atoms with Crippen LogP contribution in [0.2, 0.25) is 0 Å². The van der Waals surface area contributed by atoms with Gasteiger partial charge in [-0.2, -0.15) is 0 Å². The molecular weight excluding hydrogens is 327 g/mol. The van der Waals surface area contributed by atoms with E-state index in [4.69, 9.17) is 15.2 Å². The van der Waals surface area contributed by atoms with E-state index < -0.39 is 23.4 Å². The van der Waals surface area contributed by atoms with Gasteiger partial charge in [0.15, 0.2) is 0 Å². The van der Waals surface area contributed by atoms with E-state index in [-0.39, 0.29) is 17.7 Å². The third kappa shape index (κ3) is 5.92. The number of hydrogen-bond donors (Lipinski definition) is 2. The molecule has 0 radical (unpaired) electrons. The van der Waals surface area contributed by atoms with Gasteiger partial charge in [-0.3, -0.25) is 4.79 Å². The zero-order valence-corrected chi connectivity index (χ0v) is 14.8. The lowest BCUT2D eigenvalue weighted by atomic mass is 9.93. The molecule has 138 valence electrons. The first-order valence-electron chi connectivity index (χ1n) is 8.39. The zero-order chi connectivity index (χ0) is 18.6. The minimum Gasteiger partial charge on any atom is -0.490 e. The number of carbonyl (C=O) groups excluding carboxylic acids is 2. The molecule has 0 aromatic heterocycles. The first-order chi connectivity index (χ1) is 11.6. The number of nitrogens with two attached hydrogens (primary N) is 1. The van der Waals surface area contributed by atoms with Gasteiger partial charge in [-0.25, -0.2) is 9.18 Å². The summed E-state index contributed by atoms with van der Waals surface area (Å²) >= 11 is 0. The smallest absolute Gasteiger partial charge is 0.407 e. The number of primary amides is 1. The van der Waals surface area contributed by atoms with Gasteiger partial charge in [-0.15, -0.1) is 0 Å². The van der Waals surface area contributed by atoms with Gasteiger partial charge in [0, 0.05) is 12.1 Å². The highest BCUT2D eigenvalue weighted by atomic mass is 19.1. The lowest BCUT2D eigenvalue weighted by Crippen LogP contribution is -2.42. The van der Waals surface area contributed by atoms with Gasteiger partial charge in [-0.1, -0.05) is 0 Å². The zero-order valence-electron chi connectivity index (χ0n) is 14.8. The van der Waals surface area contributed by atoms with Gasteiger partial charge in [0.1, 0.15) is 17.2 Å². The Balaban J connectivity index is 1.81. The summed E-state index contributed by atoms with van der Waals surface area (Å²) in [7, 11) is 0. The molecule has 1 fully saturated rings. The number of benzene rings is 1. The molecule has 0 aliphatic heterocycles. The molecular formula is C18H25FN2O4. The van der Waals surface area contributed by atoms with Crippen LogP contribution in [0.25, 0.3) is 0 Å². The predicted molar refractivity (Wildman–Crippen MR) is 91.0 cm³/mol. The normalized spacial score (nSPS) is 20.6. The standard InChI is InChI=1S/C18H25FN2O4/c1-18(2,3)25-17(23)21-11-4-6-12(7-5-11)24-13-8-9-14(16(20)22)15(19)10-13/h8-12H,4-7H2,1-3H3,(H2,20,22)(H,21,23). The van der Waals surface area contributed by atoms with Gasteiger partial charge in [0.25, 0.3) is 5.91 Å². The van der Waals surface area contributed by atoms with Crippen LogP contribution in [-0.4, -0.2) is 29.7 Å². The van der Waals surface area contributed by atoms with E-state index >= 15 is 0 Å². The minimum absolute atomic E-state index is 0.0451. The largest absolute Gasteiger partial charge is 0.490 e. The number of alkyl carbamates (subject to hydrolysis) is 1. The molecule has 3 N–H and O–H groups in total. The maximum absolute atomic E-state index is 13.8. The number of amides is 2. The number of halogens is 1. The second-order valence-corrected chi connectivity index (χ2v) is 7.24. The molecule has 6 nitrogen and oxygen atoms in total. The Hall–Kier alpha value is -2.31. The molecule has 1 aliphatic carbocycles. The van der Waals surface area contributed by atoms with Crippen LogP contribution in [0.15, 0.2) is 18.2 Å². The van der Waals surface area contributed by atoms with E-state index in [1.807, 2.05) is 20.8 Å². The van der Waals surface area contributed by atoms with Crippen molar-refractivity contribution >= 4 is 12.0 Å². The summed E-state index contributed by atoms with van der Waals surface area (Å²) < 4.78 is 24.8. The molecule has 7 heteroatoms. The van der Waals surface area contributed by atoms with Crippen LogP contribution in [0.1, 0.15) is 56.8 Å². The number of hydrogen-bond acceptors (Lipinski definition) is 4. The van der Waals surface area contributed by atoms with Crippen molar-refractivity contribution in [3.63, 3.8) is 0 Å². The van der Waals surface area contributed by atoms with Crippen LogP contribution in [0.5, 0.6) is 5.75 Å². The Morgan fingerprint density at radius 3 is 2.36 bits per heavy atom. The third-order valence-electron chi connectivity index (χ3n) is 3.90. The van der Waals surface area contributed by atoms with Crippen molar-refractivity contribution in [2.75, 3.05) is 0 Å². The average Bonchev–Trinajstić information content (AvgIpc) is 2.47. The summed E-state index contributed by atoms with van der Waals surface area (Å²) in [6.07, 6.45) is 2.51. The number of carbonyl (C=O) groups is 2. The summed E-state index contributed by atoms with van der Waals surface area (Å²) in [6.45, 7) is 5.46. The number of ether oxygens (including phenoxy) is 2. The Morgan fingerprint density at radius 1 is 1.20 bits per heavy atom. The second-order valence-electron chi connectivity index (χ2n) is 7.24. The molecule has 0 spiro atoms. The molecule has 2 amide bonds. The highest BCUT2D eigenvalue weighted by Gasteiger charge is 2.26. The van der Waals surface area contributed by atoms with Crippen molar-refractivity contribution in [3.8, 4) is 5.75 Å². The Kier molecular flexibility index (Phi) is 5.87. The second kappa shape index (κ2) is 7.72. The molecule has 0 atom stereocenters. The molecule has 0 heterocycles. The predicted octanol–water partition coefficient (Wildman–Crippen LogP) is 3.14. The fourth-order valence-electron chi connectivity index (χ4n) is 2.76. The molecule has 1 aromatic carbocycles. The van der Waals surface area contributed by atoms with Gasteiger partial charge in [0.05, 0.1) is 11.7 Å². The maximum Gasteiger partial charge on any atom is 0.407 e. The SMILES string of the molecule is CC(C)(C)OC(=O)NC1CCC(Oc2ccc(C(N)=O)c(F)c2)CC1. The monoisotopic (exact) mass is 352 g/mol. The van der Waals surface area contributed by atoms with Crippen molar-refractivity contribution < 1.29 is 23.5 Å². The van der Waals surface area contributed by atoms with E-state index in [0.29, 0.717) is 5.75 Å². The summed E-state index contributed by atoms with van der Waals surface area (Å²) in [5, 5.41) is 2.86. The molecule has 0 saturated heterocycles. The first-order valence-corrected chi connectivity index (χ1v) is 8.39. The van der Waals surface area contributed by atoms with Gasteiger partial charge < -0.3 is 20.5 Å². The summed E-state index contributed by atoms with van der Waals surface area (Å²) in [5.41, 5.74) is 4.40. The molecule has 1 aromatic rings. The molecule has 2 rings (SSSR count). The van der Waals surface area contributed by atoms with E-state index in [0.717, 1.165) is 25.7 Å². The highest BCUT2D eigenvalue weighted by molar-refractivity contribution is 5.93. The van der Waals surface area contributed by atoms with Crippen molar-refractivity contribution in [1.82, 2.24) is 5.32 Å². The van der Waals surface area contributed by atoms with Crippen molar-refractivity contribution in [1.29, 1.82) is 0 Å². The average molecular weight is 352 g/mol. The quantitative estimate of drug-likeness (QED) is 0.871. The number of nitrogens with one attached hydrogen (secondary N) is 1. The maximum atomic E-state index is 13.8. The van der Waals surface area contributed by atoms with Crippen LogP contribution >= 0.6 is 0 Å². The summed E-state index contributed by atoms with van der Waals surface area (Å²) in [6, 6.07) is 4.07. The van der Waals surface area contributed by atoms with Gasteiger partial charge in [0.2, 0.25) is 0 Å². The number of rotatable bonds is 4.